The summed E-state index contributed by atoms with van der Waals surface area (Å²) in [5.74, 6) is -3.00. The normalized spacial score (nSPS) is 17.6. The Morgan fingerprint density at radius 2 is 0.548 bits per heavy atom. The lowest BCUT2D eigenvalue weighted by Crippen LogP contribution is -2.49. The molecular formula is C84H96N8O12. The van der Waals surface area contributed by atoms with Gasteiger partial charge in [0.15, 0.2) is 0 Å². The molecular weight excluding hydrogens is 1310 g/mol. The van der Waals surface area contributed by atoms with Crippen molar-refractivity contribution >= 4 is 70.3 Å². The van der Waals surface area contributed by atoms with Gasteiger partial charge in [0.1, 0.15) is 24.2 Å². The van der Waals surface area contributed by atoms with E-state index in [9.17, 15) is 48.6 Å². The van der Waals surface area contributed by atoms with Crippen LogP contribution in [0.2, 0.25) is 0 Å². The number of carboxylic acid groups (broad SMARTS) is 2. The molecule has 0 saturated heterocycles. The second-order valence-electron chi connectivity index (χ2n) is 26.1. The van der Waals surface area contributed by atoms with E-state index in [0.717, 1.165) is 106 Å². The number of fused-ring (bicyclic) bond motifs is 4. The molecule has 0 aliphatic carbocycles. The van der Waals surface area contributed by atoms with Gasteiger partial charge in [-0.1, -0.05) is 194 Å². The minimum absolute atomic E-state index is 0.103. The third-order valence-electron chi connectivity index (χ3n) is 18.8. The van der Waals surface area contributed by atoms with E-state index in [2.05, 4.69) is 42.5 Å². The molecule has 104 heavy (non-hydrogen) atoms. The SMILES string of the molecule is CCOC(=O)[C@H](CCc1ccccc1)NC1CCc2ccccc2NC1=O.CCOC(=O)[C@H](CCc1ccccc1)N[C@H]1CCc2ccccc2NC1=O.O=C(O)[C@H](CCc1ccccc1)N[C@H]1CCc2ccccc2NC1=O.O=C1Nc2ccccc2CCC1N[C@@H](CCc1ccccc1)C(=O)O. The fourth-order valence-corrected chi connectivity index (χ4v) is 13.1. The molecule has 20 nitrogen and oxygen atoms in total. The Labute approximate surface area is 608 Å². The predicted octanol–water partition coefficient (Wildman–Crippen LogP) is 11.4. The van der Waals surface area contributed by atoms with Gasteiger partial charge in [0.2, 0.25) is 23.6 Å². The summed E-state index contributed by atoms with van der Waals surface area (Å²) in [6.45, 7) is 4.23. The van der Waals surface area contributed by atoms with Crippen LogP contribution in [0.4, 0.5) is 22.7 Å². The number of para-hydroxylation sites is 4. The highest BCUT2D eigenvalue weighted by Crippen LogP contribution is 2.27. The first-order valence-corrected chi connectivity index (χ1v) is 36.1. The Kier molecular flexibility index (Phi) is 30.5. The van der Waals surface area contributed by atoms with Crippen molar-refractivity contribution in [2.45, 2.75) is 165 Å². The summed E-state index contributed by atoms with van der Waals surface area (Å²) in [6.07, 6.45) is 10.3. The molecule has 0 saturated carbocycles. The van der Waals surface area contributed by atoms with Crippen molar-refractivity contribution in [2.75, 3.05) is 34.5 Å². The van der Waals surface area contributed by atoms with Gasteiger partial charge in [0, 0.05) is 22.7 Å². The van der Waals surface area contributed by atoms with Crippen LogP contribution in [-0.2, 0) is 99.2 Å². The lowest BCUT2D eigenvalue weighted by molar-refractivity contribution is -0.147. The van der Waals surface area contributed by atoms with Crippen molar-refractivity contribution in [3.05, 3.63) is 263 Å². The fourth-order valence-electron chi connectivity index (χ4n) is 13.1. The van der Waals surface area contributed by atoms with Crippen molar-refractivity contribution in [1.82, 2.24) is 21.3 Å². The van der Waals surface area contributed by atoms with Gasteiger partial charge in [-0.2, -0.15) is 0 Å². The first kappa shape index (κ1) is 77.5. The van der Waals surface area contributed by atoms with Crippen LogP contribution < -0.4 is 42.5 Å². The van der Waals surface area contributed by atoms with E-state index in [1.807, 2.05) is 218 Å². The number of anilines is 4. The molecule has 4 heterocycles. The number of hydrogen-bond acceptors (Lipinski definition) is 14. The maximum absolute atomic E-state index is 12.6. The zero-order valence-electron chi connectivity index (χ0n) is 59.1. The van der Waals surface area contributed by atoms with Crippen molar-refractivity contribution in [3.63, 3.8) is 0 Å². The van der Waals surface area contributed by atoms with Crippen molar-refractivity contribution in [3.8, 4) is 0 Å². The quantitative estimate of drug-likeness (QED) is 0.0226. The molecule has 4 aliphatic rings. The van der Waals surface area contributed by atoms with Gasteiger partial charge < -0.3 is 41.0 Å². The molecule has 2 unspecified atom stereocenters. The topological polar surface area (TPSA) is 292 Å². The smallest absolute Gasteiger partial charge is 0.323 e. The monoisotopic (exact) mass is 1410 g/mol. The molecule has 12 rings (SSSR count). The number of hydrogen-bond donors (Lipinski definition) is 10. The van der Waals surface area contributed by atoms with Gasteiger partial charge >= 0.3 is 23.9 Å². The number of carbonyl (C=O) groups excluding carboxylic acids is 6. The summed E-state index contributed by atoms with van der Waals surface area (Å²) >= 11 is 0. The number of carboxylic acids is 2. The van der Waals surface area contributed by atoms with Crippen LogP contribution in [0.5, 0.6) is 0 Å². The van der Waals surface area contributed by atoms with E-state index in [1.54, 1.807) is 13.8 Å². The van der Waals surface area contributed by atoms with E-state index in [0.29, 0.717) is 77.4 Å². The van der Waals surface area contributed by atoms with Crippen LogP contribution in [0, 0.1) is 0 Å². The standard InChI is InChI=1S/2C22H26N2O3.2C20H22N2O3/c2*1-2-27-22(26)20(14-12-16-8-4-3-5-9-16)23-19-15-13-17-10-6-7-11-18(17)24-21(19)25;2*23-19-17(13-11-15-8-4-5-9-16(15)22-19)21-18(20(24)25)12-10-14-6-2-1-3-7-14/h2*3-11,19-20,23H,2,12-15H2,1H3,(H,24,25);2*1-9,17-18,21H,10-13H2,(H,22,23)(H,24,25)/t19?,20-;19-,20-;17?,18-;17-,18-/m0000/s1. The van der Waals surface area contributed by atoms with E-state index in [1.165, 1.54) is 0 Å². The molecule has 0 bridgehead atoms. The maximum atomic E-state index is 12.6. The lowest BCUT2D eigenvalue weighted by atomic mass is 10.0. The van der Waals surface area contributed by atoms with Crippen molar-refractivity contribution in [2.24, 2.45) is 0 Å². The molecule has 8 atom stereocenters. The predicted molar refractivity (Wildman–Crippen MR) is 404 cm³/mol. The van der Waals surface area contributed by atoms with E-state index in [-0.39, 0.29) is 35.6 Å². The van der Waals surface area contributed by atoms with Crippen LogP contribution >= 0.6 is 0 Å². The first-order chi connectivity index (χ1) is 50.6. The Hall–Kier alpha value is -10.6. The number of rotatable bonds is 26. The molecule has 0 aromatic heterocycles. The Bertz CT molecular complexity index is 3830. The van der Waals surface area contributed by atoms with Crippen LogP contribution in [0.1, 0.15) is 110 Å². The lowest BCUT2D eigenvalue weighted by Gasteiger charge is -2.23. The fraction of sp³-hybridized carbons (Fsp3) is 0.333. The minimum atomic E-state index is -0.925. The number of aliphatic carboxylic acids is 2. The zero-order chi connectivity index (χ0) is 73.4. The Morgan fingerprint density at radius 3 is 0.779 bits per heavy atom. The third kappa shape index (κ3) is 24.3. The molecule has 0 radical (unpaired) electrons. The van der Waals surface area contributed by atoms with Crippen LogP contribution in [-0.4, -0.2) is 119 Å². The van der Waals surface area contributed by atoms with E-state index in [4.69, 9.17) is 9.47 Å². The van der Waals surface area contributed by atoms with Crippen LogP contribution in [0.3, 0.4) is 0 Å². The maximum Gasteiger partial charge on any atom is 0.323 e. The number of aryl methyl sites for hydroxylation is 8. The molecule has 4 aliphatic heterocycles. The summed E-state index contributed by atoms with van der Waals surface area (Å²) in [6, 6.07) is 66.2. The molecule has 544 valence electrons. The largest absolute Gasteiger partial charge is 0.480 e. The van der Waals surface area contributed by atoms with Crippen molar-refractivity contribution < 1.29 is 58.0 Å². The number of ether oxygens (including phenoxy) is 2. The molecule has 0 fully saturated rings. The first-order valence-electron chi connectivity index (χ1n) is 36.1. The molecule has 10 N–H and O–H groups in total. The van der Waals surface area contributed by atoms with Gasteiger partial charge in [-0.05, 0) is 185 Å². The number of carbonyl (C=O) groups is 8. The van der Waals surface area contributed by atoms with E-state index < -0.39 is 60.3 Å². The molecule has 0 spiro atoms. The average Bonchev–Trinajstić information content (AvgIpc) is 1.72. The average molecular weight is 1410 g/mol. The summed E-state index contributed by atoms with van der Waals surface area (Å²) in [7, 11) is 0. The highest BCUT2D eigenvalue weighted by molar-refractivity contribution is 5.99. The number of benzene rings is 8. The minimum Gasteiger partial charge on any atom is -0.480 e. The van der Waals surface area contributed by atoms with Crippen LogP contribution in [0.15, 0.2) is 218 Å². The van der Waals surface area contributed by atoms with Gasteiger partial charge in [0.25, 0.3) is 0 Å². The van der Waals surface area contributed by atoms with E-state index >= 15 is 0 Å². The Morgan fingerprint density at radius 1 is 0.337 bits per heavy atom. The summed E-state index contributed by atoms with van der Waals surface area (Å²) in [5, 5.41) is 43.3. The molecule has 8 aromatic carbocycles. The molecule has 20 heteroatoms. The molecule has 8 aromatic rings. The zero-order valence-corrected chi connectivity index (χ0v) is 59.1. The number of amides is 4. The third-order valence-corrected chi connectivity index (χ3v) is 18.8. The Balaban J connectivity index is 0.000000161. The van der Waals surface area contributed by atoms with Crippen molar-refractivity contribution in [1.29, 1.82) is 0 Å². The van der Waals surface area contributed by atoms with Crippen LogP contribution in [0.25, 0.3) is 0 Å². The van der Waals surface area contributed by atoms with Gasteiger partial charge in [-0.25, -0.2) is 0 Å². The van der Waals surface area contributed by atoms with Gasteiger partial charge in [-0.15, -0.1) is 0 Å². The summed E-state index contributed by atoms with van der Waals surface area (Å²) in [5.41, 5.74) is 12.2. The number of nitrogens with one attached hydrogen (secondary N) is 8. The molecule has 4 amide bonds. The summed E-state index contributed by atoms with van der Waals surface area (Å²) < 4.78 is 10.5. The summed E-state index contributed by atoms with van der Waals surface area (Å²) in [4.78, 5) is 98.3. The second-order valence-corrected chi connectivity index (χ2v) is 26.1. The van der Waals surface area contributed by atoms with Gasteiger partial charge in [-0.3, -0.25) is 59.6 Å². The highest BCUT2D eigenvalue weighted by atomic mass is 16.5. The highest BCUT2D eigenvalue weighted by Gasteiger charge is 2.34. The second kappa shape index (κ2) is 40.9. The number of esters is 2. The van der Waals surface area contributed by atoms with Gasteiger partial charge in [0.05, 0.1) is 37.4 Å².